The maximum Gasteiger partial charge on any atom is 0.287 e. The number of nitrogens with one attached hydrogen (secondary N) is 1. The van der Waals surface area contributed by atoms with Crippen molar-refractivity contribution in [3.05, 3.63) is 42.4 Å². The molecule has 0 unspecified atom stereocenters. The molecule has 176 valence electrons. The van der Waals surface area contributed by atoms with Crippen LogP contribution in [-0.2, 0) is 9.53 Å². The van der Waals surface area contributed by atoms with E-state index in [4.69, 9.17) is 20.8 Å². The summed E-state index contributed by atoms with van der Waals surface area (Å²) in [6.07, 6.45) is 7.04. The van der Waals surface area contributed by atoms with Crippen molar-refractivity contribution >= 4 is 23.4 Å². The standard InChI is InChI=1S/C24H28ClN3O5/c25-16-12-28(21-17(29)13-32-22(16)21)24(31)20(15-4-2-1-3-5-15)27-23(30)19-7-6-18(33-19)14-8-10-26-11-9-14/h6-11,15-17,20-22,29H,1-5,12-13H2,(H,27,30)/t16-,17-,20-,21+,22+/m0/s1. The molecule has 0 radical (unpaired) electrons. The van der Waals surface area contributed by atoms with Crippen LogP contribution < -0.4 is 5.32 Å². The van der Waals surface area contributed by atoms with E-state index in [2.05, 4.69) is 10.3 Å². The van der Waals surface area contributed by atoms with E-state index >= 15 is 0 Å². The van der Waals surface area contributed by atoms with Gasteiger partial charge in [-0.25, -0.2) is 0 Å². The fourth-order valence-electron chi connectivity index (χ4n) is 5.35. The molecule has 4 heterocycles. The Morgan fingerprint density at radius 1 is 1.15 bits per heavy atom. The highest BCUT2D eigenvalue weighted by Crippen LogP contribution is 2.35. The van der Waals surface area contributed by atoms with Gasteiger partial charge in [0.15, 0.2) is 5.76 Å². The van der Waals surface area contributed by atoms with Crippen LogP contribution >= 0.6 is 11.6 Å². The van der Waals surface area contributed by atoms with Gasteiger partial charge in [-0.15, -0.1) is 11.6 Å². The first-order chi connectivity index (χ1) is 16.0. The first kappa shape index (κ1) is 22.4. The minimum absolute atomic E-state index is 0.0251. The Balaban J connectivity index is 1.36. The van der Waals surface area contributed by atoms with Gasteiger partial charge in [0.2, 0.25) is 5.91 Å². The number of aliphatic hydroxyl groups excluding tert-OH is 1. The third kappa shape index (κ3) is 4.39. The van der Waals surface area contributed by atoms with Crippen LogP contribution in [0, 0.1) is 5.92 Å². The molecule has 3 aliphatic rings. The number of aromatic nitrogens is 1. The third-order valence-corrected chi connectivity index (χ3v) is 7.42. The first-order valence-electron chi connectivity index (χ1n) is 11.6. The van der Waals surface area contributed by atoms with E-state index < -0.39 is 24.1 Å². The monoisotopic (exact) mass is 473 g/mol. The second-order valence-electron chi connectivity index (χ2n) is 9.11. The number of carbonyl (C=O) groups excluding carboxylic acids is 2. The van der Waals surface area contributed by atoms with Crippen LogP contribution in [0.3, 0.4) is 0 Å². The lowest BCUT2D eigenvalue weighted by atomic mass is 9.83. The van der Waals surface area contributed by atoms with Crippen LogP contribution in [0.4, 0.5) is 0 Å². The van der Waals surface area contributed by atoms with Crippen LogP contribution in [0.5, 0.6) is 0 Å². The number of ether oxygens (including phenoxy) is 1. The number of pyridine rings is 1. The normalized spacial score (nSPS) is 28.5. The summed E-state index contributed by atoms with van der Waals surface area (Å²) in [5, 5.41) is 13.0. The number of alkyl halides is 1. The Kier molecular flexibility index (Phi) is 6.40. The molecule has 0 bridgehead atoms. The molecule has 3 fully saturated rings. The first-order valence-corrected chi connectivity index (χ1v) is 12.0. The van der Waals surface area contributed by atoms with Gasteiger partial charge in [-0.05, 0) is 43.0 Å². The fourth-order valence-corrected chi connectivity index (χ4v) is 5.72. The molecule has 2 amide bonds. The molecular formula is C24H28ClN3O5. The van der Waals surface area contributed by atoms with Gasteiger partial charge in [-0.3, -0.25) is 14.6 Å². The Hall–Kier alpha value is -2.42. The number of rotatable bonds is 5. The minimum atomic E-state index is -0.779. The molecule has 8 nitrogen and oxygen atoms in total. The fraction of sp³-hybridized carbons (Fsp3) is 0.542. The number of amides is 2. The number of nitrogens with zero attached hydrogens (tertiary/aromatic N) is 2. The second-order valence-corrected chi connectivity index (χ2v) is 9.67. The van der Waals surface area contributed by atoms with Crippen LogP contribution in [0.15, 0.2) is 41.1 Å². The van der Waals surface area contributed by atoms with E-state index in [1.807, 2.05) is 0 Å². The summed E-state index contributed by atoms with van der Waals surface area (Å²) in [7, 11) is 0. The zero-order valence-corrected chi connectivity index (χ0v) is 19.0. The largest absolute Gasteiger partial charge is 0.451 e. The lowest BCUT2D eigenvalue weighted by Gasteiger charge is -2.35. The van der Waals surface area contributed by atoms with Gasteiger partial charge in [0, 0.05) is 24.5 Å². The maximum absolute atomic E-state index is 13.7. The van der Waals surface area contributed by atoms with Crippen molar-refractivity contribution in [2.45, 2.75) is 61.8 Å². The average Bonchev–Trinajstić information content (AvgIpc) is 3.56. The van der Waals surface area contributed by atoms with Crippen molar-refractivity contribution in [2.75, 3.05) is 13.2 Å². The summed E-state index contributed by atoms with van der Waals surface area (Å²) < 4.78 is 11.4. The number of carbonyl (C=O) groups is 2. The van der Waals surface area contributed by atoms with Gasteiger partial charge in [-0.2, -0.15) is 0 Å². The van der Waals surface area contributed by atoms with E-state index in [9.17, 15) is 14.7 Å². The summed E-state index contributed by atoms with van der Waals surface area (Å²) in [5.41, 5.74) is 0.815. The van der Waals surface area contributed by atoms with E-state index in [0.29, 0.717) is 12.3 Å². The Labute approximate surface area is 197 Å². The van der Waals surface area contributed by atoms with Crippen molar-refractivity contribution in [3.8, 4) is 11.3 Å². The molecule has 2 saturated heterocycles. The Morgan fingerprint density at radius 3 is 2.67 bits per heavy atom. The number of fused-ring (bicyclic) bond motifs is 1. The van der Waals surface area contributed by atoms with Crippen molar-refractivity contribution in [3.63, 3.8) is 0 Å². The molecule has 2 aromatic heterocycles. The van der Waals surface area contributed by atoms with Gasteiger partial charge in [0.25, 0.3) is 5.91 Å². The van der Waals surface area contributed by atoms with Gasteiger partial charge >= 0.3 is 0 Å². The SMILES string of the molecule is O=C(N[C@H](C(=O)N1C[C@H](Cl)[C@H]2OC[C@H](O)[C@H]21)C1CCCCC1)c1ccc(-c2ccncc2)o1. The topological polar surface area (TPSA) is 105 Å². The van der Waals surface area contributed by atoms with Crippen molar-refractivity contribution in [1.82, 2.24) is 15.2 Å². The third-order valence-electron chi connectivity index (χ3n) is 7.03. The molecule has 33 heavy (non-hydrogen) atoms. The number of aliphatic hydroxyl groups is 1. The number of likely N-dealkylation sites (tertiary alicyclic amines) is 1. The van der Waals surface area contributed by atoms with Crippen LogP contribution in [-0.4, -0.2) is 69.6 Å². The molecule has 1 saturated carbocycles. The van der Waals surface area contributed by atoms with Crippen molar-refractivity contribution in [2.24, 2.45) is 5.92 Å². The molecule has 5 atom stereocenters. The molecule has 2 N–H and O–H groups in total. The lowest BCUT2D eigenvalue weighted by molar-refractivity contribution is -0.137. The number of hydrogen-bond acceptors (Lipinski definition) is 6. The molecule has 0 aromatic carbocycles. The molecule has 9 heteroatoms. The zero-order chi connectivity index (χ0) is 22.9. The average molecular weight is 474 g/mol. The summed E-state index contributed by atoms with van der Waals surface area (Å²) in [6, 6.07) is 5.76. The molecular weight excluding hydrogens is 446 g/mol. The second kappa shape index (κ2) is 9.44. The molecule has 2 aliphatic heterocycles. The summed E-state index contributed by atoms with van der Waals surface area (Å²) in [6.45, 7) is 0.450. The maximum atomic E-state index is 13.7. The summed E-state index contributed by atoms with van der Waals surface area (Å²) >= 11 is 6.43. The van der Waals surface area contributed by atoms with Gasteiger partial charge < -0.3 is 24.5 Å². The highest BCUT2D eigenvalue weighted by Gasteiger charge is 2.53. The van der Waals surface area contributed by atoms with E-state index in [1.165, 1.54) is 0 Å². The van der Waals surface area contributed by atoms with Gasteiger partial charge in [0.05, 0.1) is 24.1 Å². The molecule has 5 rings (SSSR count). The van der Waals surface area contributed by atoms with Crippen LogP contribution in [0.25, 0.3) is 11.3 Å². The molecule has 1 aliphatic carbocycles. The summed E-state index contributed by atoms with van der Waals surface area (Å²) in [4.78, 5) is 32.5. The predicted octanol–water partition coefficient (Wildman–Crippen LogP) is 2.60. The minimum Gasteiger partial charge on any atom is -0.451 e. The van der Waals surface area contributed by atoms with Gasteiger partial charge in [-0.1, -0.05) is 19.3 Å². The predicted molar refractivity (Wildman–Crippen MR) is 121 cm³/mol. The quantitative estimate of drug-likeness (QED) is 0.647. The molecule has 0 spiro atoms. The van der Waals surface area contributed by atoms with Crippen molar-refractivity contribution in [1.29, 1.82) is 0 Å². The van der Waals surface area contributed by atoms with Crippen LogP contribution in [0.1, 0.15) is 42.7 Å². The van der Waals surface area contributed by atoms with E-state index in [0.717, 1.165) is 37.7 Å². The van der Waals surface area contributed by atoms with E-state index in [-0.39, 0.29) is 35.7 Å². The summed E-state index contributed by atoms with van der Waals surface area (Å²) in [5.74, 6) is 0.0902. The smallest absolute Gasteiger partial charge is 0.287 e. The van der Waals surface area contributed by atoms with E-state index in [1.54, 1.807) is 41.6 Å². The van der Waals surface area contributed by atoms with Gasteiger partial charge in [0.1, 0.15) is 17.9 Å². The lowest BCUT2D eigenvalue weighted by Crippen LogP contribution is -2.56. The highest BCUT2D eigenvalue weighted by molar-refractivity contribution is 6.21. The number of furan rings is 1. The van der Waals surface area contributed by atoms with Crippen molar-refractivity contribution < 1.29 is 23.8 Å². The van der Waals surface area contributed by atoms with Crippen LogP contribution in [0.2, 0.25) is 0 Å². The zero-order valence-electron chi connectivity index (χ0n) is 18.2. The highest BCUT2D eigenvalue weighted by atomic mass is 35.5. The number of hydrogen-bond donors (Lipinski definition) is 2. The number of halogens is 1. The Morgan fingerprint density at radius 2 is 1.91 bits per heavy atom. The Bertz CT molecular complexity index is 993. The molecule has 2 aromatic rings.